The van der Waals surface area contributed by atoms with Gasteiger partial charge in [0.2, 0.25) is 0 Å². The Morgan fingerprint density at radius 2 is 2.00 bits per heavy atom. The maximum Gasteiger partial charge on any atom is 0.126 e. The van der Waals surface area contributed by atoms with Gasteiger partial charge >= 0.3 is 0 Å². The molecule has 2 rings (SSSR count). The van der Waals surface area contributed by atoms with Gasteiger partial charge < -0.3 is 5.32 Å². The molecule has 1 aliphatic heterocycles. The Morgan fingerprint density at radius 1 is 1.35 bits per heavy atom. The Labute approximate surface area is 133 Å². The van der Waals surface area contributed by atoms with Crippen molar-refractivity contribution in [3.8, 4) is 0 Å². The zero-order chi connectivity index (χ0) is 13.0. The lowest BCUT2D eigenvalue weighted by Crippen LogP contribution is -2.45. The summed E-state index contributed by atoms with van der Waals surface area (Å²) >= 11 is 0. The van der Waals surface area contributed by atoms with E-state index in [9.17, 15) is 4.39 Å². The van der Waals surface area contributed by atoms with Gasteiger partial charge in [-0.3, -0.25) is 4.90 Å². The molecule has 0 aromatic heterocycles. The molecule has 1 N–H and O–H groups in total. The van der Waals surface area contributed by atoms with Crippen LogP contribution in [0.2, 0.25) is 0 Å². The van der Waals surface area contributed by atoms with Crippen molar-refractivity contribution < 1.29 is 4.39 Å². The van der Waals surface area contributed by atoms with Crippen molar-refractivity contribution in [3.63, 3.8) is 0 Å². The van der Waals surface area contributed by atoms with Crippen molar-refractivity contribution >= 4 is 24.8 Å². The van der Waals surface area contributed by atoms with E-state index in [4.69, 9.17) is 0 Å². The first kappa shape index (κ1) is 19.4. The van der Waals surface area contributed by atoms with Gasteiger partial charge in [0.25, 0.3) is 0 Å². The number of halogens is 3. The molecule has 1 aliphatic rings. The highest BCUT2D eigenvalue weighted by Crippen LogP contribution is 2.26. The lowest BCUT2D eigenvalue weighted by molar-refractivity contribution is 0.174. The van der Waals surface area contributed by atoms with Crippen LogP contribution in [0.3, 0.4) is 0 Å². The monoisotopic (exact) mass is 320 g/mol. The average molecular weight is 321 g/mol. The lowest BCUT2D eigenvalue weighted by atomic mass is 9.99. The largest absolute Gasteiger partial charge is 0.314 e. The van der Waals surface area contributed by atoms with E-state index in [-0.39, 0.29) is 36.7 Å². The quantitative estimate of drug-likeness (QED) is 0.854. The molecule has 0 bridgehead atoms. The third-order valence-electron chi connectivity index (χ3n) is 3.56. The van der Waals surface area contributed by atoms with Crippen molar-refractivity contribution in [2.75, 3.05) is 26.2 Å². The zero-order valence-corrected chi connectivity index (χ0v) is 13.4. The number of hydrogen-bond donors (Lipinski definition) is 1. The number of aryl methyl sites for hydroxylation is 1. The maximum atomic E-state index is 13.7. The number of benzene rings is 1. The third kappa shape index (κ3) is 4.74. The van der Waals surface area contributed by atoms with E-state index >= 15 is 0 Å². The molecule has 1 fully saturated rings. The number of nitrogens with one attached hydrogen (secondary N) is 1. The molecule has 0 amide bonds. The van der Waals surface area contributed by atoms with Gasteiger partial charge in [-0.2, -0.15) is 0 Å². The minimum Gasteiger partial charge on any atom is -0.314 e. The Hall–Kier alpha value is -0.610. The van der Waals surface area contributed by atoms with E-state index in [0.717, 1.165) is 38.2 Å². The number of piperazine rings is 1. The molecule has 0 saturated carbocycles. The van der Waals surface area contributed by atoms with Gasteiger partial charge in [0.15, 0.2) is 0 Å². The number of rotatable bonds is 4. The first-order valence-corrected chi connectivity index (χ1v) is 6.54. The number of hydrogen-bond acceptors (Lipinski definition) is 2. The summed E-state index contributed by atoms with van der Waals surface area (Å²) in [6, 6.07) is 5.82. The topological polar surface area (TPSA) is 15.3 Å². The van der Waals surface area contributed by atoms with Gasteiger partial charge in [0.05, 0.1) is 0 Å². The zero-order valence-electron chi connectivity index (χ0n) is 11.8. The predicted octanol–water partition coefficient (Wildman–Crippen LogP) is 3.50. The molecule has 20 heavy (non-hydrogen) atoms. The van der Waals surface area contributed by atoms with Gasteiger partial charge in [-0.15, -0.1) is 31.4 Å². The second-order valence-corrected chi connectivity index (χ2v) is 4.83. The highest BCUT2D eigenvalue weighted by molar-refractivity contribution is 5.85. The Morgan fingerprint density at radius 3 is 2.55 bits per heavy atom. The minimum atomic E-state index is -0.114. The first-order chi connectivity index (χ1) is 8.72. The van der Waals surface area contributed by atoms with Crippen molar-refractivity contribution in [1.82, 2.24) is 10.2 Å². The molecule has 1 heterocycles. The van der Waals surface area contributed by atoms with Gasteiger partial charge in [-0.1, -0.05) is 18.2 Å². The summed E-state index contributed by atoms with van der Waals surface area (Å²) in [5.74, 6) is -0.114. The van der Waals surface area contributed by atoms with E-state index in [2.05, 4.69) is 16.8 Å². The Bertz CT molecular complexity index is 420. The normalized spacial score (nSPS) is 16.7. The molecule has 2 nitrogen and oxygen atoms in total. The summed E-state index contributed by atoms with van der Waals surface area (Å²) in [5.41, 5.74) is 1.76. The van der Waals surface area contributed by atoms with Crippen molar-refractivity contribution in [1.29, 1.82) is 0 Å². The van der Waals surface area contributed by atoms with E-state index < -0.39 is 0 Å². The van der Waals surface area contributed by atoms with E-state index in [1.165, 1.54) is 0 Å². The van der Waals surface area contributed by atoms with E-state index in [1.807, 2.05) is 18.2 Å². The van der Waals surface area contributed by atoms with Crippen LogP contribution in [0.15, 0.2) is 30.9 Å². The minimum absolute atomic E-state index is 0. The summed E-state index contributed by atoms with van der Waals surface area (Å²) in [6.45, 7) is 9.64. The molecule has 1 saturated heterocycles. The van der Waals surface area contributed by atoms with Gasteiger partial charge in [-0.05, 0) is 30.5 Å². The van der Waals surface area contributed by atoms with E-state index in [0.29, 0.717) is 5.56 Å². The van der Waals surface area contributed by atoms with Crippen LogP contribution in [-0.4, -0.2) is 31.1 Å². The molecule has 5 heteroatoms. The second kappa shape index (κ2) is 9.35. The van der Waals surface area contributed by atoms with Crippen molar-refractivity contribution in [3.05, 3.63) is 47.8 Å². The fourth-order valence-corrected chi connectivity index (χ4v) is 2.46. The summed E-state index contributed by atoms with van der Waals surface area (Å²) in [7, 11) is 0. The van der Waals surface area contributed by atoms with Crippen LogP contribution < -0.4 is 5.32 Å². The lowest BCUT2D eigenvalue weighted by Gasteiger charge is -2.34. The van der Waals surface area contributed by atoms with Crippen molar-refractivity contribution in [2.45, 2.75) is 19.4 Å². The highest BCUT2D eigenvalue weighted by atomic mass is 35.5. The smallest absolute Gasteiger partial charge is 0.126 e. The van der Waals surface area contributed by atoms with Crippen LogP contribution in [0.5, 0.6) is 0 Å². The highest BCUT2D eigenvalue weighted by Gasteiger charge is 2.21. The molecule has 0 unspecified atom stereocenters. The molecular weight excluding hydrogens is 298 g/mol. The fraction of sp³-hybridized carbons (Fsp3) is 0.467. The summed E-state index contributed by atoms with van der Waals surface area (Å²) < 4.78 is 13.7. The molecule has 1 atom stereocenters. The van der Waals surface area contributed by atoms with Crippen molar-refractivity contribution in [2.24, 2.45) is 0 Å². The average Bonchev–Trinajstić information content (AvgIpc) is 2.40. The van der Waals surface area contributed by atoms with Crippen LogP contribution in [0.1, 0.15) is 23.6 Å². The third-order valence-corrected chi connectivity index (χ3v) is 3.56. The van der Waals surface area contributed by atoms with Crippen LogP contribution in [-0.2, 0) is 0 Å². The molecule has 0 aliphatic carbocycles. The molecule has 1 aromatic rings. The molecular formula is C15H23Cl2FN2. The SMILES string of the molecule is C=CC[C@@H](c1ccc(C)c(F)c1)N1CCNCC1.Cl.Cl. The first-order valence-electron chi connectivity index (χ1n) is 6.54. The van der Waals surface area contributed by atoms with Gasteiger partial charge in [0, 0.05) is 32.2 Å². The van der Waals surface area contributed by atoms with Crippen LogP contribution in [0.4, 0.5) is 4.39 Å². The summed E-state index contributed by atoms with van der Waals surface area (Å²) in [5, 5.41) is 3.34. The Balaban J connectivity index is 0.00000180. The summed E-state index contributed by atoms with van der Waals surface area (Å²) in [4.78, 5) is 2.41. The Kier molecular flexibility index (Phi) is 9.06. The van der Waals surface area contributed by atoms with Gasteiger partial charge in [0.1, 0.15) is 5.82 Å². The molecule has 1 aromatic carbocycles. The predicted molar refractivity (Wildman–Crippen MR) is 87.6 cm³/mol. The fourth-order valence-electron chi connectivity index (χ4n) is 2.46. The number of nitrogens with zero attached hydrogens (tertiary/aromatic N) is 1. The van der Waals surface area contributed by atoms with Gasteiger partial charge in [-0.25, -0.2) is 4.39 Å². The molecule has 0 spiro atoms. The van der Waals surface area contributed by atoms with Crippen LogP contribution >= 0.6 is 24.8 Å². The van der Waals surface area contributed by atoms with Crippen LogP contribution in [0, 0.1) is 12.7 Å². The maximum absolute atomic E-state index is 13.7. The van der Waals surface area contributed by atoms with Crippen LogP contribution in [0.25, 0.3) is 0 Å². The molecule has 0 radical (unpaired) electrons. The van der Waals surface area contributed by atoms with E-state index in [1.54, 1.807) is 13.0 Å². The standard InChI is InChI=1S/C15H21FN2.2ClH/c1-3-4-15(18-9-7-17-8-10-18)13-6-5-12(2)14(16)11-13;;/h3,5-6,11,15,17H,1,4,7-10H2,2H3;2*1H/t15-;;/m0../s1. The molecule has 114 valence electrons. The summed E-state index contributed by atoms with van der Waals surface area (Å²) in [6.07, 6.45) is 2.78. The second-order valence-electron chi connectivity index (χ2n) is 4.83.